The molecule has 128 valence electrons. The minimum Gasteiger partial charge on any atom is -0.354 e. The van der Waals surface area contributed by atoms with Gasteiger partial charge in [0.25, 0.3) is 0 Å². The Balaban J connectivity index is 1.38. The summed E-state index contributed by atoms with van der Waals surface area (Å²) >= 11 is 1.72. The molecule has 0 bridgehead atoms. The molecule has 1 aliphatic heterocycles. The molecule has 24 heavy (non-hydrogen) atoms. The Morgan fingerprint density at radius 3 is 3.08 bits per heavy atom. The first-order valence-corrected chi connectivity index (χ1v) is 9.20. The average Bonchev–Trinajstić information content (AvgIpc) is 3.25. The lowest BCUT2D eigenvalue weighted by Crippen LogP contribution is -2.44. The second-order valence-electron chi connectivity index (χ2n) is 5.84. The van der Waals surface area contributed by atoms with Gasteiger partial charge in [-0.25, -0.2) is 14.8 Å². The number of carbonyl (C=O) groups is 1. The van der Waals surface area contributed by atoms with Gasteiger partial charge < -0.3 is 15.5 Å². The summed E-state index contributed by atoms with van der Waals surface area (Å²) < 4.78 is 0. The van der Waals surface area contributed by atoms with Gasteiger partial charge >= 0.3 is 6.03 Å². The summed E-state index contributed by atoms with van der Waals surface area (Å²) in [6.07, 6.45) is 6.45. The number of pyridine rings is 1. The van der Waals surface area contributed by atoms with Gasteiger partial charge in [0, 0.05) is 49.4 Å². The van der Waals surface area contributed by atoms with E-state index in [0.717, 1.165) is 43.2 Å². The number of urea groups is 1. The molecule has 2 aromatic rings. The quantitative estimate of drug-likeness (QED) is 0.842. The number of hydrogen-bond acceptors (Lipinski definition) is 5. The van der Waals surface area contributed by atoms with Crippen LogP contribution in [0.15, 0.2) is 30.6 Å². The van der Waals surface area contributed by atoms with Crippen LogP contribution in [0, 0.1) is 0 Å². The van der Waals surface area contributed by atoms with Gasteiger partial charge in [0.2, 0.25) is 0 Å². The van der Waals surface area contributed by atoms with Gasteiger partial charge in [-0.15, -0.1) is 11.3 Å². The summed E-state index contributed by atoms with van der Waals surface area (Å²) in [5.41, 5.74) is 0. The van der Waals surface area contributed by atoms with E-state index in [2.05, 4.69) is 32.4 Å². The first-order chi connectivity index (χ1) is 11.7. The molecule has 6 nitrogen and oxygen atoms in total. The fourth-order valence-electron chi connectivity index (χ4n) is 2.77. The summed E-state index contributed by atoms with van der Waals surface area (Å²) in [4.78, 5) is 24.2. The van der Waals surface area contributed by atoms with Crippen LogP contribution >= 0.6 is 11.3 Å². The fraction of sp³-hybridized carbons (Fsp3) is 0.471. The van der Waals surface area contributed by atoms with Crippen molar-refractivity contribution in [3.63, 3.8) is 0 Å². The van der Waals surface area contributed by atoms with Gasteiger partial charge in [-0.1, -0.05) is 13.0 Å². The van der Waals surface area contributed by atoms with Crippen molar-refractivity contribution >= 4 is 23.2 Å². The second kappa shape index (κ2) is 8.10. The van der Waals surface area contributed by atoms with Crippen LogP contribution in [0.3, 0.4) is 0 Å². The van der Waals surface area contributed by atoms with Crippen molar-refractivity contribution < 1.29 is 4.79 Å². The monoisotopic (exact) mass is 345 g/mol. The number of aryl methyl sites for hydroxylation is 1. The molecule has 1 aliphatic rings. The van der Waals surface area contributed by atoms with Gasteiger partial charge in [0.15, 0.2) is 0 Å². The molecule has 3 rings (SSSR count). The van der Waals surface area contributed by atoms with Gasteiger partial charge in [-0.2, -0.15) is 0 Å². The van der Waals surface area contributed by atoms with Crippen LogP contribution < -0.4 is 15.5 Å². The van der Waals surface area contributed by atoms with E-state index >= 15 is 0 Å². The number of nitrogens with zero attached hydrogens (tertiary/aromatic N) is 3. The van der Waals surface area contributed by atoms with Gasteiger partial charge in [-0.05, 0) is 25.0 Å². The molecule has 0 unspecified atom stereocenters. The zero-order chi connectivity index (χ0) is 16.8. The number of hydrogen-bond donors (Lipinski definition) is 2. The molecule has 2 amide bonds. The van der Waals surface area contributed by atoms with Crippen LogP contribution in [0.5, 0.6) is 0 Å². The highest BCUT2D eigenvalue weighted by Gasteiger charge is 2.24. The largest absolute Gasteiger partial charge is 0.354 e. The van der Waals surface area contributed by atoms with E-state index in [4.69, 9.17) is 0 Å². The van der Waals surface area contributed by atoms with E-state index in [1.54, 1.807) is 17.5 Å². The third-order valence-electron chi connectivity index (χ3n) is 4.07. The first kappa shape index (κ1) is 16.7. The van der Waals surface area contributed by atoms with E-state index in [1.807, 2.05) is 24.4 Å². The molecule has 0 aliphatic carbocycles. The minimum absolute atomic E-state index is 0.102. The summed E-state index contributed by atoms with van der Waals surface area (Å²) in [5.74, 6) is 0.970. The summed E-state index contributed by atoms with van der Waals surface area (Å²) in [7, 11) is 0. The van der Waals surface area contributed by atoms with Crippen LogP contribution in [0.2, 0.25) is 0 Å². The van der Waals surface area contributed by atoms with Crippen molar-refractivity contribution in [2.24, 2.45) is 0 Å². The molecule has 1 saturated heterocycles. The smallest absolute Gasteiger partial charge is 0.315 e. The lowest BCUT2D eigenvalue weighted by Gasteiger charge is -2.17. The maximum Gasteiger partial charge on any atom is 0.315 e. The molecular formula is C17H23N5OS. The molecule has 2 N–H and O–H groups in total. The second-order valence-corrected chi connectivity index (χ2v) is 7.04. The highest BCUT2D eigenvalue weighted by atomic mass is 32.1. The Bertz CT molecular complexity index is 660. The topological polar surface area (TPSA) is 70.2 Å². The Morgan fingerprint density at radius 2 is 2.33 bits per heavy atom. The number of thiazole rings is 1. The maximum absolute atomic E-state index is 12.0. The predicted molar refractivity (Wildman–Crippen MR) is 96.6 cm³/mol. The molecule has 0 radical (unpaired) electrons. The molecule has 3 heterocycles. The van der Waals surface area contributed by atoms with Crippen LogP contribution in [0.25, 0.3) is 0 Å². The number of amides is 2. The Labute approximate surface area is 146 Å². The molecular weight excluding hydrogens is 322 g/mol. The lowest BCUT2D eigenvalue weighted by molar-refractivity contribution is 0.238. The van der Waals surface area contributed by atoms with Crippen molar-refractivity contribution in [1.29, 1.82) is 0 Å². The van der Waals surface area contributed by atoms with E-state index in [-0.39, 0.29) is 12.1 Å². The highest BCUT2D eigenvalue weighted by molar-refractivity contribution is 7.11. The zero-order valence-corrected chi connectivity index (χ0v) is 14.7. The SMILES string of the molecule is CCc1cnc(CCNC(=O)N[C@@H]2CCN(c3ccccn3)C2)s1. The number of aromatic nitrogens is 2. The summed E-state index contributed by atoms with van der Waals surface area (Å²) in [6, 6.07) is 5.96. The summed E-state index contributed by atoms with van der Waals surface area (Å²) in [5, 5.41) is 7.05. The Kier molecular flexibility index (Phi) is 5.63. The number of rotatable bonds is 6. The minimum atomic E-state index is -0.102. The highest BCUT2D eigenvalue weighted by Crippen LogP contribution is 2.17. The number of anilines is 1. The van der Waals surface area contributed by atoms with E-state index < -0.39 is 0 Å². The van der Waals surface area contributed by atoms with E-state index in [1.165, 1.54) is 4.88 Å². The fourth-order valence-corrected chi connectivity index (χ4v) is 3.64. The molecule has 7 heteroatoms. The molecule has 0 saturated carbocycles. The lowest BCUT2D eigenvalue weighted by atomic mass is 10.3. The molecule has 1 fully saturated rings. The summed E-state index contributed by atoms with van der Waals surface area (Å²) in [6.45, 7) is 4.45. The van der Waals surface area contributed by atoms with Crippen molar-refractivity contribution in [3.8, 4) is 0 Å². The molecule has 0 spiro atoms. The van der Waals surface area contributed by atoms with E-state index in [9.17, 15) is 4.79 Å². The Hall–Kier alpha value is -2.15. The normalized spacial score (nSPS) is 17.0. The van der Waals surface area contributed by atoms with Crippen LogP contribution in [-0.2, 0) is 12.8 Å². The van der Waals surface area contributed by atoms with Crippen molar-refractivity contribution in [1.82, 2.24) is 20.6 Å². The molecule has 0 aromatic carbocycles. The Morgan fingerprint density at radius 1 is 1.42 bits per heavy atom. The van der Waals surface area contributed by atoms with Gasteiger partial charge in [0.05, 0.1) is 5.01 Å². The van der Waals surface area contributed by atoms with Crippen molar-refractivity contribution in [2.45, 2.75) is 32.2 Å². The van der Waals surface area contributed by atoms with Crippen LogP contribution in [0.1, 0.15) is 23.2 Å². The van der Waals surface area contributed by atoms with Crippen LogP contribution in [0.4, 0.5) is 10.6 Å². The van der Waals surface area contributed by atoms with E-state index in [0.29, 0.717) is 6.54 Å². The standard InChI is InChI=1S/C17H23N5OS/c1-2-14-11-20-16(24-14)6-9-19-17(23)21-13-7-10-22(12-13)15-5-3-4-8-18-15/h3-5,8,11,13H,2,6-7,9-10,12H2,1H3,(H2,19,21,23)/t13-/m1/s1. The molecule has 2 aromatic heterocycles. The van der Waals surface area contributed by atoms with Gasteiger partial charge in [0.1, 0.15) is 5.82 Å². The predicted octanol–water partition coefficient (Wildman–Crippen LogP) is 2.22. The maximum atomic E-state index is 12.0. The first-order valence-electron chi connectivity index (χ1n) is 8.38. The third-order valence-corrected chi connectivity index (χ3v) is 5.27. The molecule has 1 atom stereocenters. The van der Waals surface area contributed by atoms with Crippen molar-refractivity contribution in [2.75, 3.05) is 24.5 Å². The number of nitrogens with one attached hydrogen (secondary N) is 2. The average molecular weight is 345 g/mol. The van der Waals surface area contributed by atoms with Gasteiger partial charge in [-0.3, -0.25) is 0 Å². The number of carbonyl (C=O) groups excluding carboxylic acids is 1. The van der Waals surface area contributed by atoms with Crippen LogP contribution in [-0.4, -0.2) is 41.7 Å². The van der Waals surface area contributed by atoms with Crippen molar-refractivity contribution in [3.05, 3.63) is 40.5 Å². The zero-order valence-electron chi connectivity index (χ0n) is 13.9. The third kappa shape index (κ3) is 4.44.